The molecule has 21 rings (SSSR count). The molecule has 0 unspecified atom stereocenters. The third-order valence-corrected chi connectivity index (χ3v) is 23.6. The van der Waals surface area contributed by atoms with Crippen LogP contribution in [0.4, 0.5) is 48.5 Å². The van der Waals surface area contributed by atoms with Gasteiger partial charge in [0.1, 0.15) is 53.5 Å². The highest BCUT2D eigenvalue weighted by Crippen LogP contribution is 2.49. The number of nitrogen functional groups attached to an aromatic ring is 2. The van der Waals surface area contributed by atoms with Crippen molar-refractivity contribution in [2.75, 3.05) is 65.6 Å². The van der Waals surface area contributed by atoms with Crippen molar-refractivity contribution in [3.8, 4) is 33.8 Å². The van der Waals surface area contributed by atoms with Gasteiger partial charge in [0.25, 0.3) is 5.69 Å². The summed E-state index contributed by atoms with van der Waals surface area (Å²) in [6.07, 6.45) is -1.02. The second-order valence-electron chi connectivity index (χ2n) is 30.7. The third kappa shape index (κ3) is 14.2. The predicted octanol–water partition coefficient (Wildman–Crippen LogP) is 21.8. The Morgan fingerprint density at radius 2 is 0.504 bits per heavy atom. The normalized spacial score (nSPS) is 13.4. The van der Waals surface area contributed by atoms with Gasteiger partial charge in [-0.25, -0.2) is 28.4 Å². The molecule has 3 saturated heterocycles. The number of nitrogens with zero attached hydrogens (tertiary/aromatic N) is 10. The average molecular weight is 1640 g/mol. The summed E-state index contributed by atoms with van der Waals surface area (Å²) in [5, 5.41) is 30.6. The van der Waals surface area contributed by atoms with Crippen LogP contribution in [0.1, 0.15) is 51.5 Å². The highest BCUT2D eigenvalue weighted by molar-refractivity contribution is 6.00. The standard InChI is InChI=1S/C35H26N4O4.2C35H28N4O2.H2/c40-34-37(22-23-43-34)29-18-16-25(17-19-29)33-31-24-30(39(41)42)20-21-32(31)38(36-33)35(26-10-4-1-5-11-26,27-12-6-2-7-13-27)28-14-8-3-9-15-28;2*36-29-18-21-32-31(24-29)33(25-16-19-30(20-17-25)38-22-23-41-34(38)40)37-39(32)35(26-10-4-1-5-11-26,27-12-6-2-7-13-27)28-14-8-3-9-15-28;/h1-21,24H,22-23H2;2*1-21,24H,22-23,36H2;1H. The summed E-state index contributed by atoms with van der Waals surface area (Å²) in [5.41, 5.74) is 30.9. The molecule has 18 aromatic rings. The first-order chi connectivity index (χ1) is 61.4. The van der Waals surface area contributed by atoms with E-state index in [2.05, 4.69) is 203 Å². The number of amides is 3. The summed E-state index contributed by atoms with van der Waals surface area (Å²) in [5.74, 6) is 0. The van der Waals surface area contributed by atoms with Crippen molar-refractivity contribution in [2.24, 2.45) is 0 Å². The Kier molecular flexibility index (Phi) is 21.1. The first kappa shape index (κ1) is 78.4. The molecule has 3 fully saturated rings. The zero-order valence-corrected chi connectivity index (χ0v) is 67.7. The van der Waals surface area contributed by atoms with Gasteiger partial charge in [0.15, 0.2) is 0 Å². The zero-order chi connectivity index (χ0) is 85.0. The van der Waals surface area contributed by atoms with Gasteiger partial charge in [0.2, 0.25) is 0 Å². The predicted molar refractivity (Wildman–Crippen MR) is 493 cm³/mol. The van der Waals surface area contributed by atoms with Crippen molar-refractivity contribution in [2.45, 2.75) is 16.6 Å². The molecular formula is C105H84N12O8. The maximum atomic E-state index is 12.1. The van der Waals surface area contributed by atoms with Gasteiger partial charge in [0.05, 0.1) is 41.1 Å². The molecule has 3 aliphatic rings. The molecule has 15 aromatic carbocycles. The Morgan fingerprint density at radius 3 is 0.712 bits per heavy atom. The molecule has 0 bridgehead atoms. The molecule has 612 valence electrons. The van der Waals surface area contributed by atoms with Crippen LogP contribution >= 0.6 is 0 Å². The number of fused-ring (bicyclic) bond motifs is 3. The molecule has 6 heterocycles. The van der Waals surface area contributed by atoms with Crippen LogP contribution in [0.2, 0.25) is 0 Å². The van der Waals surface area contributed by atoms with E-state index in [1.54, 1.807) is 26.8 Å². The number of cyclic esters (lactones) is 3. The molecule has 0 saturated carbocycles. The highest BCUT2D eigenvalue weighted by atomic mass is 16.6. The van der Waals surface area contributed by atoms with Gasteiger partial charge < -0.3 is 25.7 Å². The van der Waals surface area contributed by atoms with Crippen LogP contribution in [-0.4, -0.2) is 92.0 Å². The van der Waals surface area contributed by atoms with E-state index in [1.807, 2.05) is 193 Å². The lowest BCUT2D eigenvalue weighted by atomic mass is 9.77. The largest absolute Gasteiger partial charge is 0.447 e. The molecule has 0 atom stereocenters. The Bertz CT molecular complexity index is 6380. The van der Waals surface area contributed by atoms with Crippen LogP contribution in [0.15, 0.2) is 400 Å². The minimum Gasteiger partial charge on any atom is -0.447 e. The summed E-state index contributed by atoms with van der Waals surface area (Å²) in [7, 11) is 0. The summed E-state index contributed by atoms with van der Waals surface area (Å²) >= 11 is 0. The Morgan fingerprint density at radius 1 is 0.288 bits per heavy atom. The number of benzene rings is 15. The zero-order valence-electron chi connectivity index (χ0n) is 67.7. The van der Waals surface area contributed by atoms with E-state index >= 15 is 0 Å². The third-order valence-electron chi connectivity index (χ3n) is 23.6. The smallest absolute Gasteiger partial charge is 0.414 e. The minimum atomic E-state index is -0.907. The van der Waals surface area contributed by atoms with Gasteiger partial charge in [-0.05, 0) is 129 Å². The van der Waals surface area contributed by atoms with Crippen molar-refractivity contribution in [3.63, 3.8) is 0 Å². The number of hydrogen-bond acceptors (Lipinski definition) is 13. The quantitative estimate of drug-likeness (QED) is 0.0252. The molecule has 20 nitrogen and oxygen atoms in total. The summed E-state index contributed by atoms with van der Waals surface area (Å²) in [4.78, 5) is 52.8. The van der Waals surface area contributed by atoms with Crippen LogP contribution in [0.3, 0.4) is 0 Å². The molecule has 3 aliphatic heterocycles. The van der Waals surface area contributed by atoms with Crippen molar-refractivity contribution in [1.29, 1.82) is 0 Å². The lowest BCUT2D eigenvalue weighted by Gasteiger charge is -2.37. The van der Waals surface area contributed by atoms with E-state index in [-0.39, 0.29) is 30.3 Å². The second-order valence-corrected chi connectivity index (χ2v) is 30.7. The van der Waals surface area contributed by atoms with E-state index in [1.165, 1.54) is 6.07 Å². The number of nitrogens with two attached hydrogens (primary N) is 2. The monoisotopic (exact) mass is 1640 g/mol. The summed E-state index contributed by atoms with van der Waals surface area (Å²) < 4.78 is 21.6. The molecule has 3 aromatic heterocycles. The molecule has 3 amide bonds. The van der Waals surface area contributed by atoms with E-state index in [0.717, 1.165) is 117 Å². The molecule has 0 radical (unpaired) electrons. The van der Waals surface area contributed by atoms with Crippen molar-refractivity contribution in [3.05, 3.63) is 461 Å². The number of hydrogen-bond donors (Lipinski definition) is 2. The Labute approximate surface area is 721 Å². The van der Waals surface area contributed by atoms with E-state index in [4.69, 9.17) is 41.0 Å². The van der Waals surface area contributed by atoms with E-state index in [0.29, 0.717) is 67.6 Å². The fourth-order valence-electron chi connectivity index (χ4n) is 17.9. The minimum absolute atomic E-state index is 0. The highest BCUT2D eigenvalue weighted by Gasteiger charge is 2.45. The first-order valence-corrected chi connectivity index (χ1v) is 41.3. The Hall–Kier alpha value is -16.5. The number of non-ortho nitro benzene ring substituents is 1. The number of carbonyl (C=O) groups is 3. The van der Waals surface area contributed by atoms with Crippen molar-refractivity contribution < 1.29 is 34.9 Å². The molecule has 20 heteroatoms. The van der Waals surface area contributed by atoms with Crippen LogP contribution in [0.5, 0.6) is 0 Å². The van der Waals surface area contributed by atoms with Gasteiger partial charge >= 0.3 is 18.3 Å². The van der Waals surface area contributed by atoms with E-state index < -0.39 is 16.6 Å². The van der Waals surface area contributed by atoms with Crippen LogP contribution in [0, 0.1) is 10.1 Å². The maximum absolute atomic E-state index is 12.1. The Balaban J connectivity index is 0.000000128. The number of nitro groups is 1. The lowest BCUT2D eigenvalue weighted by Crippen LogP contribution is -2.38. The fourth-order valence-corrected chi connectivity index (χ4v) is 17.9. The maximum Gasteiger partial charge on any atom is 0.414 e. The van der Waals surface area contributed by atoms with Crippen LogP contribution in [-0.2, 0) is 30.8 Å². The van der Waals surface area contributed by atoms with Gasteiger partial charge in [0, 0.05) is 74.8 Å². The summed E-state index contributed by atoms with van der Waals surface area (Å²) in [6.45, 7) is 2.71. The molecule has 4 N–H and O–H groups in total. The molecular weight excluding hydrogens is 1560 g/mol. The number of nitro benzene ring substituents is 1. The molecule has 0 aliphatic carbocycles. The number of anilines is 5. The van der Waals surface area contributed by atoms with Gasteiger partial charge in [-0.15, -0.1) is 0 Å². The van der Waals surface area contributed by atoms with Gasteiger partial charge in [-0.1, -0.05) is 309 Å². The van der Waals surface area contributed by atoms with Gasteiger partial charge in [-0.2, -0.15) is 15.3 Å². The van der Waals surface area contributed by atoms with Crippen molar-refractivity contribution >= 4 is 85.1 Å². The lowest BCUT2D eigenvalue weighted by molar-refractivity contribution is -0.384. The van der Waals surface area contributed by atoms with Gasteiger partial charge in [-0.3, -0.25) is 24.8 Å². The van der Waals surface area contributed by atoms with Crippen LogP contribution in [0.25, 0.3) is 66.5 Å². The van der Waals surface area contributed by atoms with Crippen molar-refractivity contribution in [1.82, 2.24) is 29.3 Å². The number of carbonyl (C=O) groups excluding carboxylic acids is 3. The molecule has 0 spiro atoms. The average Bonchev–Trinajstić information content (AvgIpc) is 1.46. The molecule has 125 heavy (non-hydrogen) atoms. The summed E-state index contributed by atoms with van der Waals surface area (Å²) in [6, 6.07) is 134. The number of aromatic nitrogens is 6. The van der Waals surface area contributed by atoms with Crippen LogP contribution < -0.4 is 26.2 Å². The number of ether oxygens (including phenoxy) is 3. The first-order valence-electron chi connectivity index (χ1n) is 41.3. The SMILES string of the molecule is Nc1ccc2c(c1)c(-c1ccc(N3CCOC3=O)cc1)nn2C(c1ccccc1)(c1ccccc1)c1ccccc1.Nc1ccc2c(c1)c(-c1ccc(N3CCOC3=O)cc1)nn2C(c1ccccc1)(c1ccccc1)c1ccccc1.O=C1OCCN1c1ccc(-c2nn(C(c3ccccc3)(c3ccccc3)c3ccccc3)c3ccc([N+](=O)[O-])cc23)cc1.[HH]. The fraction of sp³-hybridized carbons (Fsp3) is 0.0857. The van der Waals surface area contributed by atoms with E-state index in [9.17, 15) is 24.5 Å². The topological polar surface area (TPSA) is 237 Å². The second kappa shape index (κ2) is 33.6. The number of rotatable bonds is 19.